The molecular weight excluding hydrogens is 427 g/mol. The van der Waals surface area contributed by atoms with Gasteiger partial charge in [-0.3, -0.25) is 19.3 Å². The summed E-state index contributed by atoms with van der Waals surface area (Å²) in [5.74, 6) is -3.17. The van der Waals surface area contributed by atoms with Gasteiger partial charge in [-0.1, -0.05) is 42.5 Å². The van der Waals surface area contributed by atoms with Crippen LogP contribution in [0.15, 0.2) is 78.9 Å². The highest BCUT2D eigenvalue weighted by atomic mass is 19.1. The lowest BCUT2D eigenvalue weighted by Crippen LogP contribution is -2.47. The fourth-order valence-corrected chi connectivity index (χ4v) is 3.57. The summed E-state index contributed by atoms with van der Waals surface area (Å²) < 4.78 is 18.2. The van der Waals surface area contributed by atoms with Crippen molar-refractivity contribution in [3.05, 3.63) is 101 Å². The fraction of sp³-hybridized carbons (Fsp3) is 0.120. The van der Waals surface area contributed by atoms with Crippen LogP contribution in [0.2, 0.25) is 0 Å². The molecule has 8 heteroatoms. The Balaban J connectivity index is 1.50. The third-order valence-electron chi connectivity index (χ3n) is 5.15. The second-order valence-electron chi connectivity index (χ2n) is 7.39. The molecule has 1 N–H and O–H groups in total. The molecule has 1 atom stereocenters. The summed E-state index contributed by atoms with van der Waals surface area (Å²) in [4.78, 5) is 51.9. The first-order valence-corrected chi connectivity index (χ1v) is 10.2. The second-order valence-corrected chi connectivity index (χ2v) is 7.39. The van der Waals surface area contributed by atoms with Crippen LogP contribution >= 0.6 is 0 Å². The standard InChI is InChI=1S/C25H19FN2O5/c26-17-10-12-18(13-11-17)27-22(29)15-33-25(32)21(14-16-6-2-1-3-7-16)28-23(30)19-8-4-5-9-20(19)24(28)31/h1-13,21H,14-15H2,(H,27,29)/t21-/m0/s1. The molecule has 0 spiro atoms. The van der Waals surface area contributed by atoms with Crippen molar-refractivity contribution in [2.45, 2.75) is 12.5 Å². The molecule has 0 fully saturated rings. The molecule has 0 aliphatic carbocycles. The number of rotatable bonds is 7. The molecule has 1 aliphatic rings. The quantitative estimate of drug-likeness (QED) is 0.444. The van der Waals surface area contributed by atoms with E-state index in [0.29, 0.717) is 11.3 Å². The molecule has 3 aromatic rings. The lowest BCUT2D eigenvalue weighted by Gasteiger charge is -2.24. The first-order chi connectivity index (χ1) is 15.9. The first-order valence-electron chi connectivity index (χ1n) is 10.2. The van der Waals surface area contributed by atoms with Crippen LogP contribution in [0.4, 0.5) is 10.1 Å². The Labute approximate surface area is 188 Å². The van der Waals surface area contributed by atoms with Crippen LogP contribution in [0.1, 0.15) is 26.3 Å². The molecule has 0 bridgehead atoms. The summed E-state index contributed by atoms with van der Waals surface area (Å²) >= 11 is 0. The Kier molecular flexibility index (Phi) is 6.26. The Hall–Kier alpha value is -4.33. The largest absolute Gasteiger partial charge is 0.454 e. The molecule has 0 unspecified atom stereocenters. The van der Waals surface area contributed by atoms with Crippen LogP contribution < -0.4 is 5.32 Å². The van der Waals surface area contributed by atoms with Crippen LogP contribution in [0.3, 0.4) is 0 Å². The number of carbonyl (C=O) groups excluding carboxylic acids is 4. The van der Waals surface area contributed by atoms with Crippen molar-refractivity contribution in [1.29, 1.82) is 0 Å². The van der Waals surface area contributed by atoms with Crippen molar-refractivity contribution in [3.8, 4) is 0 Å². The predicted octanol–water partition coefficient (Wildman–Crippen LogP) is 3.21. The molecule has 0 radical (unpaired) electrons. The molecule has 33 heavy (non-hydrogen) atoms. The van der Waals surface area contributed by atoms with Gasteiger partial charge in [0.15, 0.2) is 6.61 Å². The van der Waals surface area contributed by atoms with Gasteiger partial charge in [-0.2, -0.15) is 0 Å². The van der Waals surface area contributed by atoms with E-state index in [2.05, 4.69) is 5.32 Å². The molecule has 7 nitrogen and oxygen atoms in total. The van der Waals surface area contributed by atoms with Gasteiger partial charge >= 0.3 is 5.97 Å². The number of imide groups is 1. The van der Waals surface area contributed by atoms with E-state index in [1.165, 1.54) is 36.4 Å². The van der Waals surface area contributed by atoms with Crippen molar-refractivity contribution in [2.75, 3.05) is 11.9 Å². The van der Waals surface area contributed by atoms with Crippen molar-refractivity contribution in [1.82, 2.24) is 4.90 Å². The molecular formula is C25H19FN2O5. The second kappa shape index (κ2) is 9.44. The number of carbonyl (C=O) groups is 4. The summed E-state index contributed by atoms with van der Waals surface area (Å²) in [7, 11) is 0. The minimum Gasteiger partial charge on any atom is -0.454 e. The zero-order valence-corrected chi connectivity index (χ0v) is 17.4. The zero-order valence-electron chi connectivity index (χ0n) is 17.4. The lowest BCUT2D eigenvalue weighted by atomic mass is 10.0. The van der Waals surface area contributed by atoms with E-state index in [-0.39, 0.29) is 17.5 Å². The highest BCUT2D eigenvalue weighted by molar-refractivity contribution is 6.22. The van der Waals surface area contributed by atoms with Crippen LogP contribution in [0.5, 0.6) is 0 Å². The van der Waals surface area contributed by atoms with E-state index in [1.54, 1.807) is 42.5 Å². The normalized spacial score (nSPS) is 13.4. The average Bonchev–Trinajstić information content (AvgIpc) is 3.08. The maximum absolute atomic E-state index is 13.0. The summed E-state index contributed by atoms with van der Waals surface area (Å²) in [6.07, 6.45) is 0.0325. The molecule has 4 rings (SSSR count). The van der Waals surface area contributed by atoms with Crippen molar-refractivity contribution >= 4 is 29.4 Å². The van der Waals surface area contributed by atoms with Gasteiger partial charge < -0.3 is 10.1 Å². The minimum absolute atomic E-state index is 0.0325. The van der Waals surface area contributed by atoms with Crippen LogP contribution in [-0.4, -0.2) is 41.2 Å². The smallest absolute Gasteiger partial charge is 0.330 e. The molecule has 0 aromatic heterocycles. The Bertz CT molecular complexity index is 1180. The number of hydrogen-bond acceptors (Lipinski definition) is 5. The van der Waals surface area contributed by atoms with E-state index < -0.39 is 42.2 Å². The van der Waals surface area contributed by atoms with E-state index in [9.17, 15) is 23.6 Å². The predicted molar refractivity (Wildman–Crippen MR) is 117 cm³/mol. The van der Waals surface area contributed by atoms with E-state index in [4.69, 9.17) is 4.74 Å². The summed E-state index contributed by atoms with van der Waals surface area (Å²) in [5, 5.41) is 2.48. The number of hydrogen-bond donors (Lipinski definition) is 1. The summed E-state index contributed by atoms with van der Waals surface area (Å²) in [6.45, 7) is -0.634. The maximum atomic E-state index is 13.0. The van der Waals surface area contributed by atoms with Crippen molar-refractivity contribution in [3.63, 3.8) is 0 Å². The minimum atomic E-state index is -1.25. The Morgan fingerprint density at radius 2 is 1.42 bits per heavy atom. The van der Waals surface area contributed by atoms with Crippen LogP contribution in [0, 0.1) is 5.82 Å². The van der Waals surface area contributed by atoms with Gasteiger partial charge in [0.2, 0.25) is 0 Å². The molecule has 1 heterocycles. The number of halogens is 1. The summed E-state index contributed by atoms with van der Waals surface area (Å²) in [5.41, 5.74) is 1.47. The SMILES string of the molecule is O=C(COC(=O)[C@H](Cc1ccccc1)N1C(=O)c2ccccc2C1=O)Nc1ccc(F)cc1. The lowest BCUT2D eigenvalue weighted by molar-refractivity contribution is -0.151. The Morgan fingerprint density at radius 1 is 0.848 bits per heavy atom. The number of benzene rings is 3. The highest BCUT2D eigenvalue weighted by Crippen LogP contribution is 2.26. The van der Waals surface area contributed by atoms with Gasteiger partial charge in [0.25, 0.3) is 17.7 Å². The molecule has 0 saturated heterocycles. The van der Waals surface area contributed by atoms with Gasteiger partial charge in [-0.05, 0) is 42.0 Å². The van der Waals surface area contributed by atoms with Crippen LogP contribution in [-0.2, 0) is 20.7 Å². The number of fused-ring (bicyclic) bond motifs is 1. The van der Waals surface area contributed by atoms with Gasteiger partial charge in [0.05, 0.1) is 11.1 Å². The van der Waals surface area contributed by atoms with Crippen LogP contribution in [0.25, 0.3) is 0 Å². The third kappa shape index (κ3) is 4.79. The topological polar surface area (TPSA) is 92.8 Å². The summed E-state index contributed by atoms with van der Waals surface area (Å²) in [6, 6.07) is 19.0. The van der Waals surface area contributed by atoms with E-state index >= 15 is 0 Å². The number of nitrogens with zero attached hydrogens (tertiary/aromatic N) is 1. The highest BCUT2D eigenvalue weighted by Gasteiger charge is 2.43. The number of esters is 1. The number of ether oxygens (including phenoxy) is 1. The van der Waals surface area contributed by atoms with Gasteiger partial charge in [-0.25, -0.2) is 9.18 Å². The monoisotopic (exact) mass is 446 g/mol. The molecule has 1 aliphatic heterocycles. The fourth-order valence-electron chi connectivity index (χ4n) is 3.57. The first kappa shape index (κ1) is 21.9. The van der Waals surface area contributed by atoms with Crippen molar-refractivity contribution < 1.29 is 28.3 Å². The van der Waals surface area contributed by atoms with Gasteiger partial charge in [0.1, 0.15) is 11.9 Å². The molecule has 0 saturated carbocycles. The third-order valence-corrected chi connectivity index (χ3v) is 5.15. The van der Waals surface area contributed by atoms with E-state index in [0.717, 1.165) is 4.90 Å². The zero-order chi connectivity index (χ0) is 23.4. The Morgan fingerprint density at radius 3 is 2.03 bits per heavy atom. The molecule has 166 valence electrons. The maximum Gasteiger partial charge on any atom is 0.330 e. The number of amides is 3. The number of anilines is 1. The average molecular weight is 446 g/mol. The molecule has 3 amide bonds. The van der Waals surface area contributed by atoms with E-state index in [1.807, 2.05) is 0 Å². The van der Waals surface area contributed by atoms with Crippen molar-refractivity contribution in [2.24, 2.45) is 0 Å². The van der Waals surface area contributed by atoms with Gasteiger partial charge in [-0.15, -0.1) is 0 Å². The van der Waals surface area contributed by atoms with Gasteiger partial charge in [0, 0.05) is 12.1 Å². The molecule has 3 aromatic carbocycles. The number of nitrogens with one attached hydrogen (secondary N) is 1.